The van der Waals surface area contributed by atoms with Crippen molar-refractivity contribution in [3.05, 3.63) is 69.8 Å². The molecule has 0 radical (unpaired) electrons. The highest BCUT2D eigenvalue weighted by molar-refractivity contribution is 7.84. The number of phenolic OH excluding ortho intramolecular Hbond substituents is 1. The number of benzene rings is 2. The van der Waals surface area contributed by atoms with Gasteiger partial charge in [-0.15, -0.1) is 0 Å². The molecule has 2 aromatic carbocycles. The molecule has 22 heteroatoms. The number of nitrogens with zero attached hydrogens (tertiary/aromatic N) is 5. The summed E-state index contributed by atoms with van der Waals surface area (Å²) in [7, 11) is -5.43. The molecule has 1 aromatic heterocycles. The zero-order chi connectivity index (χ0) is 40.9. The minimum atomic E-state index is -5.43. The summed E-state index contributed by atoms with van der Waals surface area (Å²) in [5.74, 6) is -7.23. The van der Waals surface area contributed by atoms with Gasteiger partial charge >= 0.3 is 34.1 Å². The van der Waals surface area contributed by atoms with Crippen LogP contribution in [0.15, 0.2) is 47.4 Å². The number of esters is 1. The van der Waals surface area contributed by atoms with Crippen LogP contribution in [0.2, 0.25) is 0 Å². The van der Waals surface area contributed by atoms with Gasteiger partial charge in [-0.25, -0.2) is 14.0 Å². The summed E-state index contributed by atoms with van der Waals surface area (Å²) in [5.41, 5.74) is -1.02. The van der Waals surface area contributed by atoms with Crippen molar-refractivity contribution in [3.8, 4) is 5.75 Å². The number of halogens is 1. The maximum Gasteiger partial charge on any atom is 0.365 e. The van der Waals surface area contributed by atoms with Gasteiger partial charge in [0.2, 0.25) is 17.6 Å². The number of carbonyl (C=O) groups is 6. The van der Waals surface area contributed by atoms with Gasteiger partial charge in [0.05, 0.1) is 11.2 Å². The summed E-state index contributed by atoms with van der Waals surface area (Å²) >= 11 is 0. The number of piperazine rings is 2. The quantitative estimate of drug-likeness (QED) is 0.0738. The molecule has 1 saturated carbocycles. The Hall–Kier alpha value is -6.13. The van der Waals surface area contributed by atoms with E-state index in [4.69, 9.17) is 4.74 Å². The lowest BCUT2D eigenvalue weighted by Gasteiger charge is -2.43. The van der Waals surface area contributed by atoms with E-state index in [0.717, 1.165) is 18.2 Å². The second-order valence-electron chi connectivity index (χ2n) is 13.8. The molecule has 3 atom stereocenters. The number of imide groups is 1. The number of hydrogen-bond acceptors (Lipinski definition) is 13. The second kappa shape index (κ2) is 15.1. The fourth-order valence-corrected chi connectivity index (χ4v) is 7.76. The smallest absolute Gasteiger partial charge is 0.365 e. The number of ether oxygens (including phenoxy) is 1. The van der Waals surface area contributed by atoms with Crippen molar-refractivity contribution in [2.45, 2.75) is 44.1 Å². The fraction of sp³-hybridized carbons (Fsp3) is 0.400. The first-order valence-corrected chi connectivity index (χ1v) is 19.3. The molecule has 20 nitrogen and oxygen atoms in total. The van der Waals surface area contributed by atoms with Crippen LogP contribution in [0, 0.1) is 5.82 Å². The van der Waals surface area contributed by atoms with Gasteiger partial charge < -0.3 is 40.2 Å². The van der Waals surface area contributed by atoms with Crippen molar-refractivity contribution in [1.29, 1.82) is 0 Å². The Labute approximate surface area is 323 Å². The topological polar surface area (TPSA) is 257 Å². The zero-order valence-corrected chi connectivity index (χ0v) is 31.0. The number of pyridine rings is 1. The van der Waals surface area contributed by atoms with Gasteiger partial charge in [-0.3, -0.25) is 33.4 Å². The number of nitrogens with one attached hydrogen (secondary N) is 3. The molecule has 5 N–H and O–H groups in total. The predicted molar refractivity (Wildman–Crippen MR) is 194 cm³/mol. The van der Waals surface area contributed by atoms with Gasteiger partial charge in [-0.2, -0.15) is 12.7 Å². The normalized spacial score (nSPS) is 20.6. The second-order valence-corrected chi connectivity index (χ2v) is 15.1. The van der Waals surface area contributed by atoms with Crippen LogP contribution in [0.4, 0.5) is 14.9 Å². The SMILES string of the molecule is CCN1CCN(C(=O)NC(C(=O)N[C@@H]2C(=O)N(S(=O)(=O)O)C2OC(=O)c2cn(C3CC3)c3cc(N4CCNCC4)c(F)cc3c2=O)c2ccc(O)cc2)C(=O)C1=O. The molecule has 3 saturated heterocycles. The Kier molecular flexibility index (Phi) is 10.3. The number of aromatic hydroxyl groups is 1. The standard InChI is InChI=1S/C35H37FN8O12S/c1-2-40-13-14-42(32(50)31(40)49)35(52)39-26(18-3-7-20(45)8-4-18)29(47)38-27-30(48)44(57(53,54)55)33(27)56-34(51)22-17-43(19-5-6-19)24-16-25(41-11-9-37-10-12-41)23(36)15-21(24)28(22)46/h3-4,7-8,15-17,19,26-27,33,37,45H,2,5-6,9-14H2,1H3,(H,38,47)(H,39,52)(H,53,54,55)/t26?,27-,33?/m1/s1. The van der Waals surface area contributed by atoms with Gasteiger partial charge in [0, 0.05) is 63.4 Å². The summed E-state index contributed by atoms with van der Waals surface area (Å²) < 4.78 is 56.7. The molecule has 4 aliphatic rings. The summed E-state index contributed by atoms with van der Waals surface area (Å²) in [6.07, 6.45) is 0.288. The first kappa shape index (κ1) is 39.1. The number of hydrogen-bond donors (Lipinski definition) is 5. The monoisotopic (exact) mass is 812 g/mol. The lowest BCUT2D eigenvalue weighted by atomic mass is 10.0. The Bertz CT molecular complexity index is 2360. The highest BCUT2D eigenvalue weighted by atomic mass is 32.2. The molecule has 3 aromatic rings. The van der Waals surface area contributed by atoms with Crippen LogP contribution in [-0.4, -0.2) is 130 Å². The van der Waals surface area contributed by atoms with Crippen molar-refractivity contribution in [1.82, 2.24) is 34.6 Å². The number of likely N-dealkylation sites (N-methyl/N-ethyl adjacent to an activating group) is 1. The number of amides is 6. The molecule has 302 valence electrons. The van der Waals surface area contributed by atoms with Crippen LogP contribution >= 0.6 is 0 Å². The van der Waals surface area contributed by atoms with E-state index < -0.39 is 81.1 Å². The Morgan fingerprint density at radius 1 is 1.00 bits per heavy atom. The van der Waals surface area contributed by atoms with Crippen LogP contribution in [0.5, 0.6) is 5.75 Å². The number of anilines is 1. The fourth-order valence-electron chi connectivity index (χ4n) is 6.99. The molecule has 0 bridgehead atoms. The van der Waals surface area contributed by atoms with Crippen LogP contribution in [0.25, 0.3) is 10.9 Å². The third kappa shape index (κ3) is 7.45. The third-order valence-corrected chi connectivity index (χ3v) is 11.1. The maximum atomic E-state index is 15.5. The number of phenols is 1. The van der Waals surface area contributed by atoms with E-state index in [9.17, 15) is 51.6 Å². The molecule has 7 rings (SSSR count). The highest BCUT2D eigenvalue weighted by Crippen LogP contribution is 2.38. The molecule has 2 unspecified atom stereocenters. The van der Waals surface area contributed by atoms with E-state index in [-0.39, 0.29) is 52.4 Å². The summed E-state index contributed by atoms with van der Waals surface area (Å²) in [6, 6.07) is 2.17. The molecule has 4 heterocycles. The summed E-state index contributed by atoms with van der Waals surface area (Å²) in [5, 5.41) is 17.3. The molecular formula is C35H37FN8O12S. The summed E-state index contributed by atoms with van der Waals surface area (Å²) in [4.78, 5) is 96.4. The number of β-lactam (4-membered cyclic amide) rings is 1. The molecule has 6 amide bonds. The number of fused-ring (bicyclic) bond motifs is 1. The van der Waals surface area contributed by atoms with Crippen molar-refractivity contribution in [2.24, 2.45) is 0 Å². The molecule has 4 fully saturated rings. The minimum absolute atomic E-state index is 0.00902. The Morgan fingerprint density at radius 3 is 2.32 bits per heavy atom. The number of rotatable bonds is 10. The van der Waals surface area contributed by atoms with Crippen molar-refractivity contribution in [2.75, 3.05) is 50.7 Å². The van der Waals surface area contributed by atoms with Crippen LogP contribution in [0.1, 0.15) is 47.8 Å². The van der Waals surface area contributed by atoms with Gasteiger partial charge in [-0.05, 0) is 49.6 Å². The van der Waals surface area contributed by atoms with Crippen LogP contribution in [-0.2, 0) is 34.2 Å². The van der Waals surface area contributed by atoms with E-state index in [1.165, 1.54) is 29.3 Å². The van der Waals surface area contributed by atoms with Crippen molar-refractivity contribution < 1.29 is 56.0 Å². The van der Waals surface area contributed by atoms with E-state index in [1.807, 2.05) is 4.90 Å². The summed E-state index contributed by atoms with van der Waals surface area (Å²) in [6.45, 7) is 3.90. The first-order chi connectivity index (χ1) is 27.1. The first-order valence-electron chi connectivity index (χ1n) is 17.9. The molecular weight excluding hydrogens is 775 g/mol. The molecule has 3 aliphatic heterocycles. The molecule has 1 aliphatic carbocycles. The minimum Gasteiger partial charge on any atom is -0.508 e. The predicted octanol–water partition coefficient (Wildman–Crippen LogP) is -0.655. The van der Waals surface area contributed by atoms with Crippen LogP contribution in [0.3, 0.4) is 0 Å². The molecule has 57 heavy (non-hydrogen) atoms. The average Bonchev–Trinajstić information content (AvgIpc) is 4.03. The van der Waals surface area contributed by atoms with Gasteiger partial charge in [0.25, 0.3) is 5.91 Å². The van der Waals surface area contributed by atoms with Crippen molar-refractivity contribution in [3.63, 3.8) is 0 Å². The van der Waals surface area contributed by atoms with Gasteiger partial charge in [-0.1, -0.05) is 12.1 Å². The highest BCUT2D eigenvalue weighted by Gasteiger charge is 2.57. The Morgan fingerprint density at radius 2 is 1.68 bits per heavy atom. The van der Waals surface area contributed by atoms with E-state index in [2.05, 4.69) is 16.0 Å². The lowest BCUT2D eigenvalue weighted by Crippen LogP contribution is -2.73. The van der Waals surface area contributed by atoms with Gasteiger partial charge in [0.1, 0.15) is 23.2 Å². The lowest BCUT2D eigenvalue weighted by molar-refractivity contribution is -0.162. The number of carbonyl (C=O) groups excluding carboxylic acids is 6. The van der Waals surface area contributed by atoms with E-state index in [0.29, 0.717) is 49.4 Å². The van der Waals surface area contributed by atoms with E-state index >= 15 is 4.39 Å². The largest absolute Gasteiger partial charge is 0.508 e. The maximum absolute atomic E-state index is 15.5. The zero-order valence-electron chi connectivity index (χ0n) is 30.2. The van der Waals surface area contributed by atoms with E-state index in [1.54, 1.807) is 11.5 Å². The average molecular weight is 813 g/mol. The third-order valence-electron chi connectivity index (χ3n) is 10.2. The number of aromatic nitrogens is 1. The van der Waals surface area contributed by atoms with Crippen LogP contribution < -0.4 is 26.3 Å². The number of urea groups is 1. The molecule has 0 spiro atoms. The Balaban J connectivity index is 1.17. The van der Waals surface area contributed by atoms with Crippen molar-refractivity contribution >= 4 is 62.5 Å². The van der Waals surface area contributed by atoms with Gasteiger partial charge in [0.15, 0.2) is 6.04 Å².